The highest BCUT2D eigenvalue weighted by Crippen LogP contribution is 2.45. The van der Waals surface area contributed by atoms with Crippen LogP contribution in [0.3, 0.4) is 0 Å². The molecule has 0 spiro atoms. The molecule has 3 nitrogen and oxygen atoms in total. The first-order valence-electron chi connectivity index (χ1n) is 20.1. The number of nitrogens with zero attached hydrogens (tertiary/aromatic N) is 1. The Bertz CT molecular complexity index is 3540. The molecular weight excluding hydrogens is 719 g/mol. The van der Waals surface area contributed by atoms with Crippen LogP contribution in [0.1, 0.15) is 0 Å². The largest absolute Gasteiger partial charge is 0.455 e. The minimum absolute atomic E-state index is 0.855. The van der Waals surface area contributed by atoms with Crippen molar-refractivity contribution in [1.82, 2.24) is 0 Å². The lowest BCUT2D eigenvalue weighted by atomic mass is 9.98. The smallest absolute Gasteiger partial charge is 0.159 e. The van der Waals surface area contributed by atoms with Gasteiger partial charge in [-0.3, -0.25) is 0 Å². The summed E-state index contributed by atoms with van der Waals surface area (Å²) in [5.74, 6) is 0. The first-order valence-corrected chi connectivity index (χ1v) is 20.1. The maximum atomic E-state index is 6.91. The van der Waals surface area contributed by atoms with Crippen LogP contribution >= 0.6 is 0 Å². The van der Waals surface area contributed by atoms with E-state index in [1.807, 2.05) is 6.07 Å². The van der Waals surface area contributed by atoms with Gasteiger partial charge in [-0.05, 0) is 92.5 Å². The number of furan rings is 2. The number of fused-ring (bicyclic) bond motifs is 9. The van der Waals surface area contributed by atoms with Crippen molar-refractivity contribution in [3.63, 3.8) is 0 Å². The van der Waals surface area contributed by atoms with E-state index in [0.717, 1.165) is 94.0 Å². The highest BCUT2D eigenvalue weighted by Gasteiger charge is 2.21. The van der Waals surface area contributed by atoms with Crippen LogP contribution in [-0.2, 0) is 0 Å². The van der Waals surface area contributed by atoms with Crippen LogP contribution in [0.5, 0.6) is 0 Å². The molecule has 10 aromatic carbocycles. The molecule has 0 unspecified atom stereocenters. The van der Waals surface area contributed by atoms with Crippen LogP contribution in [0.25, 0.3) is 98.8 Å². The van der Waals surface area contributed by atoms with Gasteiger partial charge in [0.1, 0.15) is 16.7 Å². The van der Waals surface area contributed by atoms with Gasteiger partial charge in [0, 0.05) is 43.9 Å². The van der Waals surface area contributed by atoms with Crippen molar-refractivity contribution < 1.29 is 8.83 Å². The van der Waals surface area contributed by atoms with E-state index >= 15 is 0 Å². The third-order valence-corrected chi connectivity index (χ3v) is 11.9. The van der Waals surface area contributed by atoms with Gasteiger partial charge in [-0.15, -0.1) is 0 Å². The maximum absolute atomic E-state index is 6.91. The van der Waals surface area contributed by atoms with E-state index < -0.39 is 0 Å². The van der Waals surface area contributed by atoms with Crippen LogP contribution in [-0.4, -0.2) is 0 Å². The molecule has 0 atom stereocenters. The number of rotatable bonds is 6. The summed E-state index contributed by atoms with van der Waals surface area (Å²) in [5.41, 5.74) is 13.5. The van der Waals surface area contributed by atoms with Gasteiger partial charge in [-0.2, -0.15) is 0 Å². The lowest BCUT2D eigenvalue weighted by Crippen LogP contribution is -2.10. The summed E-state index contributed by atoms with van der Waals surface area (Å²) in [6.07, 6.45) is 0. The van der Waals surface area contributed by atoms with Gasteiger partial charge in [0.25, 0.3) is 0 Å². The first-order chi connectivity index (χ1) is 29.2. The second kappa shape index (κ2) is 13.4. The van der Waals surface area contributed by atoms with Crippen LogP contribution in [0.2, 0.25) is 0 Å². The van der Waals surface area contributed by atoms with E-state index in [4.69, 9.17) is 8.83 Å². The fourth-order valence-corrected chi connectivity index (χ4v) is 9.01. The van der Waals surface area contributed by atoms with Crippen molar-refractivity contribution in [3.8, 4) is 33.4 Å². The Morgan fingerprint density at radius 3 is 1.64 bits per heavy atom. The molecule has 59 heavy (non-hydrogen) atoms. The Hall–Kier alpha value is -7.88. The van der Waals surface area contributed by atoms with Crippen molar-refractivity contribution in [2.45, 2.75) is 0 Å². The van der Waals surface area contributed by atoms with Gasteiger partial charge < -0.3 is 13.7 Å². The number of hydrogen-bond donors (Lipinski definition) is 0. The molecule has 0 saturated heterocycles. The summed E-state index contributed by atoms with van der Waals surface area (Å²) in [7, 11) is 0. The first kappa shape index (κ1) is 33.3. The molecule has 3 heteroatoms. The normalized spacial score (nSPS) is 11.7. The fraction of sp³-hybridized carbons (Fsp3) is 0. The Kier molecular flexibility index (Phi) is 7.54. The molecule has 0 aliphatic heterocycles. The molecule has 0 bridgehead atoms. The number of hydrogen-bond acceptors (Lipinski definition) is 3. The zero-order chi connectivity index (χ0) is 38.9. The predicted molar refractivity (Wildman–Crippen MR) is 247 cm³/mol. The topological polar surface area (TPSA) is 29.5 Å². The second-order valence-corrected chi connectivity index (χ2v) is 15.2. The van der Waals surface area contributed by atoms with E-state index in [1.165, 1.54) is 21.9 Å². The lowest BCUT2D eigenvalue weighted by Gasteiger charge is -2.26. The van der Waals surface area contributed by atoms with Crippen molar-refractivity contribution >= 4 is 82.5 Å². The molecule has 0 N–H and O–H groups in total. The zero-order valence-corrected chi connectivity index (χ0v) is 32.0. The van der Waals surface area contributed by atoms with Crippen LogP contribution < -0.4 is 4.90 Å². The molecule has 2 aromatic heterocycles. The molecule has 12 rings (SSSR count). The predicted octanol–water partition coefficient (Wildman–Crippen LogP) is 16.3. The lowest BCUT2D eigenvalue weighted by molar-refractivity contribution is 0.670. The van der Waals surface area contributed by atoms with Gasteiger partial charge in [-0.25, -0.2) is 0 Å². The molecule has 0 fully saturated rings. The van der Waals surface area contributed by atoms with E-state index in [2.05, 4.69) is 211 Å². The van der Waals surface area contributed by atoms with Crippen LogP contribution in [0.15, 0.2) is 221 Å². The number of benzene rings is 10. The SMILES string of the molecule is c1ccc(-c2cccc3c2oc2ccc(-c4ccc(N(c5ccc(-c6cccc7ccccc67)cc5)c5cccc6c5oc5c7ccccc7ccc65)cc4)cc23)cc1. The van der Waals surface area contributed by atoms with Gasteiger partial charge in [0.05, 0.1) is 5.69 Å². The van der Waals surface area contributed by atoms with Crippen molar-refractivity contribution in [2.75, 3.05) is 4.90 Å². The van der Waals surface area contributed by atoms with Crippen molar-refractivity contribution in [1.29, 1.82) is 0 Å². The summed E-state index contributed by atoms with van der Waals surface area (Å²) in [6, 6.07) is 75.6. The molecule has 0 aliphatic carbocycles. The molecule has 2 heterocycles. The summed E-state index contributed by atoms with van der Waals surface area (Å²) in [5, 5.41) is 9.18. The van der Waals surface area contributed by atoms with E-state index in [1.54, 1.807) is 0 Å². The standard InChI is InChI=1S/C56H35NO2/c1-2-11-38(12-3-1)47-19-9-20-49-51-35-41(28-34-53(51)58-54(47)49)36-23-29-42(30-24-36)57(43-31-25-40(26-32-43)45-18-8-15-37-13-4-6-16-44(37)45)52-22-10-21-48-50-33-27-39-14-5-7-17-46(39)55(50)59-56(48)52/h1-35H. The van der Waals surface area contributed by atoms with Gasteiger partial charge in [-0.1, -0.05) is 164 Å². The van der Waals surface area contributed by atoms with Gasteiger partial charge in [0.2, 0.25) is 0 Å². The molecule has 0 saturated carbocycles. The Labute approximate surface area is 340 Å². The van der Waals surface area contributed by atoms with Crippen molar-refractivity contribution in [2.24, 2.45) is 0 Å². The Balaban J connectivity index is 0.987. The minimum atomic E-state index is 0.855. The highest BCUT2D eigenvalue weighted by molar-refractivity contribution is 6.17. The summed E-state index contributed by atoms with van der Waals surface area (Å²) in [6.45, 7) is 0. The number of para-hydroxylation sites is 2. The summed E-state index contributed by atoms with van der Waals surface area (Å²) in [4.78, 5) is 2.32. The van der Waals surface area contributed by atoms with Crippen molar-refractivity contribution in [3.05, 3.63) is 212 Å². The average molecular weight is 754 g/mol. The van der Waals surface area contributed by atoms with Gasteiger partial charge >= 0.3 is 0 Å². The third kappa shape index (κ3) is 5.44. The summed E-state index contributed by atoms with van der Waals surface area (Å²) >= 11 is 0. The summed E-state index contributed by atoms with van der Waals surface area (Å²) < 4.78 is 13.4. The van der Waals surface area contributed by atoms with Crippen LogP contribution in [0.4, 0.5) is 17.1 Å². The highest BCUT2D eigenvalue weighted by atomic mass is 16.3. The molecule has 276 valence electrons. The molecule has 0 aliphatic rings. The zero-order valence-electron chi connectivity index (χ0n) is 32.0. The quantitative estimate of drug-likeness (QED) is 0.169. The Morgan fingerprint density at radius 1 is 0.288 bits per heavy atom. The van der Waals surface area contributed by atoms with E-state index in [0.29, 0.717) is 0 Å². The molecule has 12 aromatic rings. The molecular formula is C56H35NO2. The van der Waals surface area contributed by atoms with E-state index in [9.17, 15) is 0 Å². The second-order valence-electron chi connectivity index (χ2n) is 15.2. The van der Waals surface area contributed by atoms with E-state index in [-0.39, 0.29) is 0 Å². The minimum Gasteiger partial charge on any atom is -0.455 e. The van der Waals surface area contributed by atoms with Crippen LogP contribution in [0, 0.1) is 0 Å². The Morgan fingerprint density at radius 2 is 0.847 bits per heavy atom. The van der Waals surface area contributed by atoms with Gasteiger partial charge in [0.15, 0.2) is 5.58 Å². The fourth-order valence-electron chi connectivity index (χ4n) is 9.01. The molecule has 0 amide bonds. The maximum Gasteiger partial charge on any atom is 0.159 e. The number of anilines is 3. The monoisotopic (exact) mass is 753 g/mol. The molecule has 0 radical (unpaired) electrons. The third-order valence-electron chi connectivity index (χ3n) is 11.9. The average Bonchev–Trinajstić information content (AvgIpc) is 3.89.